The molecule has 3 rings (SSSR count). The summed E-state index contributed by atoms with van der Waals surface area (Å²) in [6.45, 7) is 10.7. The number of carbonyl (C=O) groups excluding carboxylic acids is 1. The first-order valence-electron chi connectivity index (χ1n) is 11.5. The Morgan fingerprint density at radius 3 is 2.51 bits per heavy atom. The lowest BCUT2D eigenvalue weighted by atomic mass is 10.2. The molecule has 1 aromatic heterocycles. The topological polar surface area (TPSA) is 81.5 Å². The Morgan fingerprint density at radius 1 is 1.20 bits per heavy atom. The second-order valence-electron chi connectivity index (χ2n) is 8.99. The van der Waals surface area contributed by atoms with E-state index in [9.17, 15) is 13.2 Å². The monoisotopic (exact) mass is 495 g/mol. The lowest BCUT2D eigenvalue weighted by Crippen LogP contribution is -2.32. The molecule has 0 aliphatic carbocycles. The Kier molecular flexibility index (Phi) is 8.51. The summed E-state index contributed by atoms with van der Waals surface area (Å²) in [5.74, 6) is 0.523. The molecule has 0 atom stereocenters. The number of carbonyl (C=O) groups is 1. The summed E-state index contributed by atoms with van der Waals surface area (Å²) < 4.78 is 33.6. The van der Waals surface area contributed by atoms with E-state index in [1.54, 1.807) is 59.2 Å². The predicted octanol–water partition coefficient (Wildman–Crippen LogP) is 4.66. The van der Waals surface area contributed by atoms with Gasteiger partial charge in [0.25, 0.3) is 5.91 Å². The Hall–Kier alpha value is -3.39. The molecule has 7 nitrogen and oxygen atoms in total. The number of amides is 1. The normalized spacial score (nSPS) is 11.5. The van der Waals surface area contributed by atoms with Crippen LogP contribution in [0.1, 0.15) is 41.0 Å². The predicted molar refractivity (Wildman–Crippen MR) is 137 cm³/mol. The molecule has 3 aromatic rings. The molecule has 0 bridgehead atoms. The molecule has 35 heavy (non-hydrogen) atoms. The Bertz CT molecular complexity index is 1280. The number of sulfone groups is 1. The second-order valence-corrected chi connectivity index (χ2v) is 10.9. The number of hydrogen-bond donors (Lipinski definition) is 0. The van der Waals surface area contributed by atoms with E-state index in [0.29, 0.717) is 35.7 Å². The van der Waals surface area contributed by atoms with Crippen LogP contribution >= 0.6 is 0 Å². The van der Waals surface area contributed by atoms with Crippen molar-refractivity contribution in [2.45, 2.75) is 44.8 Å². The number of methoxy groups -OCH3 is 1. The SMILES string of the molecule is C=CCN(Cc1cnc(S(=O)(=O)Cc2cccc(C)c2)n1CC(C)C)C(=O)c1ccc(OC)cc1. The molecule has 0 spiro atoms. The lowest BCUT2D eigenvalue weighted by molar-refractivity contribution is 0.0758. The van der Waals surface area contributed by atoms with Gasteiger partial charge in [-0.05, 0) is 42.7 Å². The zero-order valence-electron chi connectivity index (χ0n) is 20.8. The Labute approximate surface area is 208 Å². The third kappa shape index (κ3) is 6.60. The van der Waals surface area contributed by atoms with Crippen LogP contribution in [-0.4, -0.2) is 42.4 Å². The molecule has 2 aromatic carbocycles. The van der Waals surface area contributed by atoms with Gasteiger partial charge in [-0.1, -0.05) is 49.8 Å². The molecule has 0 radical (unpaired) electrons. The molecule has 0 aliphatic rings. The van der Waals surface area contributed by atoms with E-state index < -0.39 is 9.84 Å². The molecule has 0 N–H and O–H groups in total. The molecule has 186 valence electrons. The van der Waals surface area contributed by atoms with Crippen LogP contribution < -0.4 is 4.74 Å². The first kappa shape index (κ1) is 26.2. The van der Waals surface area contributed by atoms with Crippen LogP contribution in [0.3, 0.4) is 0 Å². The fraction of sp³-hybridized carbons (Fsp3) is 0.333. The van der Waals surface area contributed by atoms with Gasteiger partial charge in [0.05, 0.1) is 31.3 Å². The number of benzene rings is 2. The second kappa shape index (κ2) is 11.4. The van der Waals surface area contributed by atoms with Crippen LogP contribution in [0.15, 0.2) is 72.5 Å². The highest BCUT2D eigenvalue weighted by atomic mass is 32.2. The van der Waals surface area contributed by atoms with E-state index in [1.807, 2.05) is 39.0 Å². The summed E-state index contributed by atoms with van der Waals surface area (Å²) in [4.78, 5) is 19.2. The molecule has 0 saturated carbocycles. The summed E-state index contributed by atoms with van der Waals surface area (Å²) in [6.07, 6.45) is 3.21. The van der Waals surface area contributed by atoms with Crippen LogP contribution in [0.5, 0.6) is 5.75 Å². The molecule has 0 unspecified atom stereocenters. The molecular formula is C27H33N3O4S. The fourth-order valence-corrected chi connectivity index (χ4v) is 5.39. The maximum Gasteiger partial charge on any atom is 0.254 e. The van der Waals surface area contributed by atoms with Crippen LogP contribution in [0.4, 0.5) is 0 Å². The molecular weight excluding hydrogens is 462 g/mol. The largest absolute Gasteiger partial charge is 0.497 e. The zero-order chi connectivity index (χ0) is 25.6. The third-order valence-electron chi connectivity index (χ3n) is 5.49. The van der Waals surface area contributed by atoms with Crippen molar-refractivity contribution in [3.8, 4) is 5.75 Å². The maximum atomic E-state index is 13.4. The first-order valence-corrected chi connectivity index (χ1v) is 13.2. The molecule has 0 aliphatic heterocycles. The standard InChI is InChI=1S/C27H33N3O4S/c1-6-14-29(26(31)23-10-12-25(34-5)13-11-23)18-24-16-28-27(30(24)17-20(2)3)35(32,33)19-22-9-7-8-21(4)15-22/h6-13,15-16,20H,1,14,17-19H2,2-5H3. The zero-order valence-corrected chi connectivity index (χ0v) is 21.6. The van der Waals surface area contributed by atoms with Crippen LogP contribution in [0, 0.1) is 12.8 Å². The first-order chi connectivity index (χ1) is 16.6. The highest BCUT2D eigenvalue weighted by molar-refractivity contribution is 7.90. The van der Waals surface area contributed by atoms with Gasteiger partial charge in [-0.25, -0.2) is 13.4 Å². The lowest BCUT2D eigenvalue weighted by Gasteiger charge is -2.23. The fourth-order valence-electron chi connectivity index (χ4n) is 3.90. The number of imidazole rings is 1. The quantitative estimate of drug-likeness (QED) is 0.362. The molecule has 0 saturated heterocycles. The van der Waals surface area contributed by atoms with E-state index in [4.69, 9.17) is 4.74 Å². The van der Waals surface area contributed by atoms with E-state index in [1.165, 1.54) is 0 Å². The van der Waals surface area contributed by atoms with Crippen molar-refractivity contribution in [1.82, 2.24) is 14.5 Å². The molecule has 1 heterocycles. The van der Waals surface area contributed by atoms with Crippen LogP contribution in [0.25, 0.3) is 0 Å². The number of rotatable bonds is 11. The summed E-state index contributed by atoms with van der Waals surface area (Å²) in [7, 11) is -2.13. The van der Waals surface area contributed by atoms with Crippen molar-refractivity contribution < 1.29 is 17.9 Å². The van der Waals surface area contributed by atoms with Crippen molar-refractivity contribution in [3.63, 3.8) is 0 Å². The van der Waals surface area contributed by atoms with Crippen molar-refractivity contribution in [1.29, 1.82) is 0 Å². The van der Waals surface area contributed by atoms with Crippen LogP contribution in [-0.2, 0) is 28.7 Å². The third-order valence-corrected chi connectivity index (χ3v) is 7.09. The summed E-state index contributed by atoms with van der Waals surface area (Å²) >= 11 is 0. The number of hydrogen-bond acceptors (Lipinski definition) is 5. The van der Waals surface area contributed by atoms with E-state index in [0.717, 1.165) is 5.56 Å². The van der Waals surface area contributed by atoms with E-state index in [2.05, 4.69) is 11.6 Å². The van der Waals surface area contributed by atoms with Gasteiger partial charge in [0.1, 0.15) is 5.75 Å². The van der Waals surface area contributed by atoms with Crippen LogP contribution in [0.2, 0.25) is 0 Å². The Balaban J connectivity index is 1.94. The molecule has 1 amide bonds. The van der Waals surface area contributed by atoms with Gasteiger partial charge in [-0.3, -0.25) is 4.79 Å². The van der Waals surface area contributed by atoms with Gasteiger partial charge in [0.2, 0.25) is 15.0 Å². The van der Waals surface area contributed by atoms with Gasteiger partial charge in [0, 0.05) is 18.7 Å². The van der Waals surface area contributed by atoms with Crippen molar-refractivity contribution >= 4 is 15.7 Å². The minimum absolute atomic E-state index is 0.0261. The van der Waals surface area contributed by atoms with Gasteiger partial charge in [-0.15, -0.1) is 6.58 Å². The average Bonchev–Trinajstić information content (AvgIpc) is 3.20. The number of nitrogens with zero attached hydrogens (tertiary/aromatic N) is 3. The molecule has 0 fully saturated rings. The van der Waals surface area contributed by atoms with Crippen molar-refractivity contribution in [3.05, 3.63) is 89.8 Å². The maximum absolute atomic E-state index is 13.4. The van der Waals surface area contributed by atoms with E-state index in [-0.39, 0.29) is 29.3 Å². The smallest absolute Gasteiger partial charge is 0.254 e. The van der Waals surface area contributed by atoms with Gasteiger partial charge in [0.15, 0.2) is 0 Å². The molecule has 8 heteroatoms. The summed E-state index contributed by atoms with van der Waals surface area (Å²) in [6, 6.07) is 14.3. The highest BCUT2D eigenvalue weighted by Gasteiger charge is 2.26. The van der Waals surface area contributed by atoms with Gasteiger partial charge < -0.3 is 14.2 Å². The number of ether oxygens (including phenoxy) is 1. The van der Waals surface area contributed by atoms with Gasteiger partial charge >= 0.3 is 0 Å². The van der Waals surface area contributed by atoms with Gasteiger partial charge in [-0.2, -0.15) is 0 Å². The number of aromatic nitrogens is 2. The van der Waals surface area contributed by atoms with Crippen molar-refractivity contribution in [2.75, 3.05) is 13.7 Å². The summed E-state index contributed by atoms with van der Waals surface area (Å²) in [5, 5.41) is 0.0261. The Morgan fingerprint density at radius 2 is 1.91 bits per heavy atom. The highest BCUT2D eigenvalue weighted by Crippen LogP contribution is 2.22. The minimum atomic E-state index is -3.70. The average molecular weight is 496 g/mol. The van der Waals surface area contributed by atoms with E-state index >= 15 is 0 Å². The van der Waals surface area contributed by atoms with Crippen molar-refractivity contribution in [2.24, 2.45) is 5.92 Å². The number of aryl methyl sites for hydroxylation is 1. The minimum Gasteiger partial charge on any atom is -0.497 e. The summed E-state index contributed by atoms with van der Waals surface area (Å²) in [5.41, 5.74) is 2.88.